The number of benzene rings is 2. The van der Waals surface area contributed by atoms with E-state index in [1.165, 1.54) is 0 Å². The molecule has 0 saturated carbocycles. The molecule has 0 N–H and O–H groups in total. The Labute approximate surface area is 182 Å². The van der Waals surface area contributed by atoms with Crippen LogP contribution in [0.1, 0.15) is 40.2 Å². The van der Waals surface area contributed by atoms with E-state index in [0.29, 0.717) is 24.5 Å². The van der Waals surface area contributed by atoms with E-state index >= 15 is 0 Å². The summed E-state index contributed by atoms with van der Waals surface area (Å²) in [4.78, 5) is 15.4. The number of aromatic nitrogens is 3. The van der Waals surface area contributed by atoms with E-state index in [-0.39, 0.29) is 12.0 Å². The van der Waals surface area contributed by atoms with Gasteiger partial charge in [-0.2, -0.15) is 0 Å². The maximum Gasteiger partial charge on any atom is 0.276 e. The van der Waals surface area contributed by atoms with E-state index in [9.17, 15) is 4.79 Å². The summed E-state index contributed by atoms with van der Waals surface area (Å²) in [5.74, 6) is 0.602. The molecular formula is C24H28N4O3. The van der Waals surface area contributed by atoms with Crippen molar-refractivity contribution < 1.29 is 14.3 Å². The average molecular weight is 421 g/mol. The average Bonchev–Trinajstić information content (AvgIpc) is 3.43. The summed E-state index contributed by atoms with van der Waals surface area (Å²) < 4.78 is 13.0. The van der Waals surface area contributed by atoms with Gasteiger partial charge in [-0.1, -0.05) is 41.1 Å². The van der Waals surface area contributed by atoms with E-state index in [0.717, 1.165) is 42.0 Å². The number of hydrogen-bond acceptors (Lipinski definition) is 5. The molecule has 1 saturated heterocycles. The Morgan fingerprint density at radius 2 is 1.97 bits per heavy atom. The van der Waals surface area contributed by atoms with Gasteiger partial charge in [0.1, 0.15) is 5.75 Å². The Bertz CT molecular complexity index is 1040. The third-order valence-corrected chi connectivity index (χ3v) is 5.66. The molecule has 162 valence electrons. The van der Waals surface area contributed by atoms with Crippen molar-refractivity contribution >= 4 is 5.91 Å². The third-order valence-electron chi connectivity index (χ3n) is 5.66. The largest absolute Gasteiger partial charge is 0.496 e. The number of para-hydroxylation sites is 1. The zero-order valence-electron chi connectivity index (χ0n) is 18.2. The smallest absolute Gasteiger partial charge is 0.276 e. The van der Waals surface area contributed by atoms with Crippen molar-refractivity contribution in [2.24, 2.45) is 0 Å². The molecule has 0 spiro atoms. The van der Waals surface area contributed by atoms with Crippen LogP contribution >= 0.6 is 0 Å². The van der Waals surface area contributed by atoms with Crippen LogP contribution in [0.25, 0.3) is 5.69 Å². The van der Waals surface area contributed by atoms with Gasteiger partial charge in [-0.25, -0.2) is 4.68 Å². The lowest BCUT2D eigenvalue weighted by molar-refractivity contribution is 0.0500. The second-order valence-electron chi connectivity index (χ2n) is 7.90. The lowest BCUT2D eigenvalue weighted by Gasteiger charge is -2.25. The van der Waals surface area contributed by atoms with Gasteiger partial charge in [-0.15, -0.1) is 5.10 Å². The Morgan fingerprint density at radius 1 is 1.19 bits per heavy atom. The Morgan fingerprint density at radius 3 is 2.68 bits per heavy atom. The van der Waals surface area contributed by atoms with E-state index in [1.54, 1.807) is 16.7 Å². The first-order chi connectivity index (χ1) is 15.1. The highest BCUT2D eigenvalue weighted by atomic mass is 16.5. The van der Waals surface area contributed by atoms with Crippen molar-refractivity contribution in [3.05, 3.63) is 71.0 Å². The normalized spacial score (nSPS) is 15.8. The lowest BCUT2D eigenvalue weighted by atomic mass is 10.1. The van der Waals surface area contributed by atoms with Gasteiger partial charge >= 0.3 is 0 Å². The van der Waals surface area contributed by atoms with E-state index < -0.39 is 0 Å². The first-order valence-electron chi connectivity index (χ1n) is 10.6. The molecule has 4 rings (SSSR count). The van der Waals surface area contributed by atoms with Gasteiger partial charge in [-0.3, -0.25) is 4.79 Å². The molecule has 0 bridgehead atoms. The Hall–Kier alpha value is -3.19. The molecule has 2 heterocycles. The minimum absolute atomic E-state index is 0.0334. The van der Waals surface area contributed by atoms with E-state index in [4.69, 9.17) is 9.47 Å². The fraction of sp³-hybridized carbons (Fsp3) is 0.375. The van der Waals surface area contributed by atoms with Crippen LogP contribution in [0, 0.1) is 13.8 Å². The van der Waals surface area contributed by atoms with Crippen molar-refractivity contribution in [3.8, 4) is 11.4 Å². The first-order valence-corrected chi connectivity index (χ1v) is 10.6. The van der Waals surface area contributed by atoms with Crippen molar-refractivity contribution in [1.29, 1.82) is 0 Å². The standard InChI is InChI=1S/C24H28N4O3/c1-17-10-12-20(13-11-17)28-18(2)23(25-26-28)24(29)27(16-21-8-6-14-31-21)15-19-7-4-5-9-22(19)30-3/h4-5,7,9-13,21H,6,8,14-16H2,1-3H3. The molecule has 2 aromatic carbocycles. The van der Waals surface area contributed by atoms with Gasteiger partial charge < -0.3 is 14.4 Å². The first kappa shape index (κ1) is 21.1. The molecule has 1 unspecified atom stereocenters. The highest BCUT2D eigenvalue weighted by Crippen LogP contribution is 2.23. The van der Waals surface area contributed by atoms with Crippen LogP contribution in [-0.2, 0) is 11.3 Å². The number of amides is 1. The van der Waals surface area contributed by atoms with Crippen molar-refractivity contribution in [3.63, 3.8) is 0 Å². The van der Waals surface area contributed by atoms with Crippen LogP contribution in [-0.4, -0.2) is 52.2 Å². The highest BCUT2D eigenvalue weighted by Gasteiger charge is 2.28. The number of aryl methyl sites for hydroxylation is 1. The minimum Gasteiger partial charge on any atom is -0.496 e. The summed E-state index contributed by atoms with van der Waals surface area (Å²) in [6.07, 6.45) is 2.00. The lowest BCUT2D eigenvalue weighted by Crippen LogP contribution is -2.37. The van der Waals surface area contributed by atoms with Gasteiger partial charge in [0.05, 0.1) is 24.6 Å². The minimum atomic E-state index is -0.155. The van der Waals surface area contributed by atoms with Crippen LogP contribution in [0.15, 0.2) is 48.5 Å². The van der Waals surface area contributed by atoms with Crippen LogP contribution in [0.3, 0.4) is 0 Å². The van der Waals surface area contributed by atoms with Crippen molar-refractivity contribution in [2.45, 2.75) is 39.3 Å². The van der Waals surface area contributed by atoms with Gasteiger partial charge in [0.2, 0.25) is 0 Å². The van der Waals surface area contributed by atoms with E-state index in [2.05, 4.69) is 10.3 Å². The SMILES string of the molecule is COc1ccccc1CN(CC1CCCO1)C(=O)c1nnn(-c2ccc(C)cc2)c1C. The topological polar surface area (TPSA) is 69.5 Å². The third kappa shape index (κ3) is 4.61. The number of nitrogens with zero attached hydrogens (tertiary/aromatic N) is 4. The number of carbonyl (C=O) groups excluding carboxylic acids is 1. The number of ether oxygens (including phenoxy) is 2. The van der Waals surface area contributed by atoms with Gasteiger partial charge in [0, 0.05) is 25.3 Å². The van der Waals surface area contributed by atoms with E-state index in [1.807, 2.05) is 62.4 Å². The monoisotopic (exact) mass is 420 g/mol. The number of rotatable bonds is 7. The fourth-order valence-electron chi connectivity index (χ4n) is 3.90. The quantitative estimate of drug-likeness (QED) is 0.583. The molecule has 7 nitrogen and oxygen atoms in total. The second kappa shape index (κ2) is 9.31. The molecule has 7 heteroatoms. The molecule has 0 radical (unpaired) electrons. The molecule has 1 aliphatic heterocycles. The molecular weight excluding hydrogens is 392 g/mol. The van der Waals surface area contributed by atoms with Crippen LogP contribution in [0.4, 0.5) is 0 Å². The summed E-state index contributed by atoms with van der Waals surface area (Å²) in [7, 11) is 1.64. The number of hydrogen-bond donors (Lipinski definition) is 0. The molecule has 0 aliphatic carbocycles. The van der Waals surface area contributed by atoms with Gasteiger partial charge in [0.15, 0.2) is 5.69 Å². The molecule has 1 fully saturated rings. The molecule has 1 aliphatic rings. The summed E-state index contributed by atoms with van der Waals surface area (Å²) >= 11 is 0. The second-order valence-corrected chi connectivity index (χ2v) is 7.90. The van der Waals surface area contributed by atoms with Crippen molar-refractivity contribution in [2.75, 3.05) is 20.3 Å². The van der Waals surface area contributed by atoms with Crippen LogP contribution < -0.4 is 4.74 Å². The molecule has 1 atom stereocenters. The summed E-state index contributed by atoms with van der Waals surface area (Å²) in [5, 5.41) is 8.50. The van der Waals surface area contributed by atoms with Crippen molar-refractivity contribution in [1.82, 2.24) is 19.9 Å². The molecule has 1 amide bonds. The van der Waals surface area contributed by atoms with Gasteiger partial charge in [0.25, 0.3) is 5.91 Å². The summed E-state index contributed by atoms with van der Waals surface area (Å²) in [6, 6.07) is 15.7. The fourth-order valence-corrected chi connectivity index (χ4v) is 3.90. The molecule has 3 aromatic rings. The van der Waals surface area contributed by atoms with Crippen LogP contribution in [0.5, 0.6) is 5.75 Å². The predicted octanol–water partition coefficient (Wildman–Crippen LogP) is 3.71. The molecule has 31 heavy (non-hydrogen) atoms. The highest BCUT2D eigenvalue weighted by molar-refractivity contribution is 5.93. The Kier molecular flexibility index (Phi) is 6.32. The number of methoxy groups -OCH3 is 1. The molecule has 1 aromatic heterocycles. The van der Waals surface area contributed by atoms with Crippen LogP contribution in [0.2, 0.25) is 0 Å². The zero-order chi connectivity index (χ0) is 21.8. The maximum absolute atomic E-state index is 13.6. The van der Waals surface area contributed by atoms with Gasteiger partial charge in [-0.05, 0) is 44.9 Å². The summed E-state index contributed by atoms with van der Waals surface area (Å²) in [6.45, 7) is 5.57. The Balaban J connectivity index is 1.63. The predicted molar refractivity (Wildman–Crippen MR) is 118 cm³/mol. The summed E-state index contributed by atoms with van der Waals surface area (Å²) in [5.41, 5.74) is 4.06. The maximum atomic E-state index is 13.6. The zero-order valence-corrected chi connectivity index (χ0v) is 18.2. The number of carbonyl (C=O) groups is 1.